The van der Waals surface area contributed by atoms with Crippen LogP contribution in [0.1, 0.15) is 38.8 Å². The zero-order chi connectivity index (χ0) is 16.3. The highest BCUT2D eigenvalue weighted by atomic mass is 16.6. The third-order valence-electron chi connectivity index (χ3n) is 3.58. The standard InChI is InChI=1S/C18H21NO3/c1-5-13-12-15(19(20)21)8-11-17(13)22-16-9-6-14(7-10-16)18(2,3)4/h6-12H,5H2,1-4H3. The molecule has 2 aromatic carbocycles. The molecule has 0 spiro atoms. The molecule has 0 atom stereocenters. The van der Waals surface area contributed by atoms with Crippen LogP contribution in [0.3, 0.4) is 0 Å². The van der Waals surface area contributed by atoms with Crippen LogP contribution in [-0.2, 0) is 11.8 Å². The maximum absolute atomic E-state index is 10.8. The van der Waals surface area contributed by atoms with Crippen molar-refractivity contribution in [1.82, 2.24) is 0 Å². The van der Waals surface area contributed by atoms with E-state index in [0.29, 0.717) is 12.2 Å². The van der Waals surface area contributed by atoms with E-state index >= 15 is 0 Å². The van der Waals surface area contributed by atoms with Gasteiger partial charge in [-0.3, -0.25) is 10.1 Å². The molecule has 0 radical (unpaired) electrons. The third kappa shape index (κ3) is 3.64. The van der Waals surface area contributed by atoms with Crippen LogP contribution in [0.15, 0.2) is 42.5 Å². The minimum Gasteiger partial charge on any atom is -0.457 e. The summed E-state index contributed by atoms with van der Waals surface area (Å²) in [5.74, 6) is 1.40. The highest BCUT2D eigenvalue weighted by Crippen LogP contribution is 2.30. The Labute approximate surface area is 130 Å². The van der Waals surface area contributed by atoms with E-state index in [0.717, 1.165) is 11.3 Å². The molecule has 0 aliphatic carbocycles. The number of nitro benzene ring substituents is 1. The van der Waals surface area contributed by atoms with Crippen LogP contribution in [0.2, 0.25) is 0 Å². The van der Waals surface area contributed by atoms with Gasteiger partial charge in [0.05, 0.1) is 4.92 Å². The molecule has 22 heavy (non-hydrogen) atoms. The monoisotopic (exact) mass is 299 g/mol. The van der Waals surface area contributed by atoms with Gasteiger partial charge in [0.25, 0.3) is 5.69 Å². The van der Waals surface area contributed by atoms with Crippen molar-refractivity contribution in [3.8, 4) is 11.5 Å². The molecule has 0 unspecified atom stereocenters. The smallest absolute Gasteiger partial charge is 0.269 e. The fraction of sp³-hybridized carbons (Fsp3) is 0.333. The molecule has 116 valence electrons. The van der Waals surface area contributed by atoms with E-state index < -0.39 is 0 Å². The summed E-state index contributed by atoms with van der Waals surface area (Å²) in [6.07, 6.45) is 0.678. The van der Waals surface area contributed by atoms with Gasteiger partial charge in [0.2, 0.25) is 0 Å². The average molecular weight is 299 g/mol. The maximum Gasteiger partial charge on any atom is 0.269 e. The van der Waals surface area contributed by atoms with E-state index in [2.05, 4.69) is 20.8 Å². The number of ether oxygens (including phenoxy) is 1. The average Bonchev–Trinajstić information content (AvgIpc) is 2.47. The quantitative estimate of drug-likeness (QED) is 0.572. The lowest BCUT2D eigenvalue weighted by Gasteiger charge is -2.19. The van der Waals surface area contributed by atoms with Crippen molar-refractivity contribution >= 4 is 5.69 Å². The Morgan fingerprint density at radius 3 is 2.23 bits per heavy atom. The van der Waals surface area contributed by atoms with Gasteiger partial charge in [-0.05, 0) is 35.6 Å². The second kappa shape index (κ2) is 6.18. The fourth-order valence-corrected chi connectivity index (χ4v) is 2.21. The first-order valence-corrected chi connectivity index (χ1v) is 7.37. The first kappa shape index (κ1) is 16.0. The Hall–Kier alpha value is -2.36. The lowest BCUT2D eigenvalue weighted by molar-refractivity contribution is -0.384. The molecule has 0 aromatic heterocycles. The van der Waals surface area contributed by atoms with Crippen molar-refractivity contribution in [3.63, 3.8) is 0 Å². The second-order valence-corrected chi connectivity index (χ2v) is 6.28. The molecule has 0 heterocycles. The highest BCUT2D eigenvalue weighted by Gasteiger charge is 2.14. The van der Waals surface area contributed by atoms with Gasteiger partial charge in [0, 0.05) is 17.7 Å². The van der Waals surface area contributed by atoms with E-state index in [1.54, 1.807) is 12.1 Å². The van der Waals surface area contributed by atoms with Gasteiger partial charge in [-0.15, -0.1) is 0 Å². The Kier molecular flexibility index (Phi) is 4.50. The van der Waals surface area contributed by atoms with Crippen molar-refractivity contribution in [1.29, 1.82) is 0 Å². The summed E-state index contributed by atoms with van der Waals surface area (Å²) in [7, 11) is 0. The van der Waals surface area contributed by atoms with E-state index in [4.69, 9.17) is 4.74 Å². The van der Waals surface area contributed by atoms with Gasteiger partial charge >= 0.3 is 0 Å². The van der Waals surface area contributed by atoms with Crippen LogP contribution < -0.4 is 4.74 Å². The van der Waals surface area contributed by atoms with Gasteiger partial charge < -0.3 is 4.74 Å². The van der Waals surface area contributed by atoms with Crippen LogP contribution in [0, 0.1) is 10.1 Å². The molecule has 0 aliphatic heterocycles. The summed E-state index contributed by atoms with van der Waals surface area (Å²) >= 11 is 0. The lowest BCUT2D eigenvalue weighted by atomic mass is 9.87. The number of hydrogen-bond donors (Lipinski definition) is 0. The van der Waals surface area contributed by atoms with Crippen molar-refractivity contribution in [2.45, 2.75) is 39.5 Å². The number of nitro groups is 1. The zero-order valence-electron chi connectivity index (χ0n) is 13.4. The fourth-order valence-electron chi connectivity index (χ4n) is 2.21. The van der Waals surface area contributed by atoms with Gasteiger partial charge in [0.15, 0.2) is 0 Å². The molecule has 0 fully saturated rings. The van der Waals surface area contributed by atoms with Crippen molar-refractivity contribution in [2.24, 2.45) is 0 Å². The Morgan fingerprint density at radius 1 is 1.09 bits per heavy atom. The summed E-state index contributed by atoms with van der Waals surface area (Å²) in [4.78, 5) is 10.4. The Bertz CT molecular complexity index is 670. The first-order valence-electron chi connectivity index (χ1n) is 7.37. The molecular weight excluding hydrogens is 278 g/mol. The summed E-state index contributed by atoms with van der Waals surface area (Å²) in [5, 5.41) is 10.8. The van der Waals surface area contributed by atoms with Crippen LogP contribution in [0.4, 0.5) is 5.69 Å². The number of rotatable bonds is 4. The number of benzene rings is 2. The minimum atomic E-state index is -0.388. The number of hydrogen-bond acceptors (Lipinski definition) is 3. The normalized spacial score (nSPS) is 11.3. The molecule has 0 amide bonds. The largest absolute Gasteiger partial charge is 0.457 e. The topological polar surface area (TPSA) is 52.4 Å². The van der Waals surface area contributed by atoms with E-state index in [-0.39, 0.29) is 16.0 Å². The van der Waals surface area contributed by atoms with Crippen LogP contribution >= 0.6 is 0 Å². The summed E-state index contributed by atoms with van der Waals surface area (Å²) in [6, 6.07) is 12.7. The van der Waals surface area contributed by atoms with E-state index in [1.165, 1.54) is 11.6 Å². The van der Waals surface area contributed by atoms with Crippen molar-refractivity contribution < 1.29 is 9.66 Å². The molecule has 2 rings (SSSR count). The summed E-state index contributed by atoms with van der Waals surface area (Å²) < 4.78 is 5.88. The second-order valence-electron chi connectivity index (χ2n) is 6.28. The molecule has 0 bridgehead atoms. The molecule has 4 heteroatoms. The van der Waals surface area contributed by atoms with Crippen LogP contribution in [0.25, 0.3) is 0 Å². The van der Waals surface area contributed by atoms with Crippen LogP contribution in [0.5, 0.6) is 11.5 Å². The van der Waals surface area contributed by atoms with Crippen molar-refractivity contribution in [2.75, 3.05) is 0 Å². The highest BCUT2D eigenvalue weighted by molar-refractivity contribution is 5.46. The van der Waals surface area contributed by atoms with Crippen molar-refractivity contribution in [3.05, 3.63) is 63.7 Å². The maximum atomic E-state index is 10.8. The molecule has 0 saturated carbocycles. The number of nitrogens with zero attached hydrogens (tertiary/aromatic N) is 1. The van der Waals surface area contributed by atoms with E-state index in [1.807, 2.05) is 31.2 Å². The van der Waals surface area contributed by atoms with Crippen LogP contribution in [-0.4, -0.2) is 4.92 Å². The molecular formula is C18H21NO3. The zero-order valence-corrected chi connectivity index (χ0v) is 13.4. The molecule has 4 nitrogen and oxygen atoms in total. The van der Waals surface area contributed by atoms with Gasteiger partial charge in [-0.2, -0.15) is 0 Å². The van der Waals surface area contributed by atoms with Gasteiger partial charge in [-0.25, -0.2) is 0 Å². The Balaban J connectivity index is 2.25. The molecule has 0 saturated heterocycles. The first-order chi connectivity index (χ1) is 10.3. The summed E-state index contributed by atoms with van der Waals surface area (Å²) in [6.45, 7) is 8.44. The predicted octanol–water partition coefficient (Wildman–Crippen LogP) is 5.25. The SMILES string of the molecule is CCc1cc([N+](=O)[O-])ccc1Oc1ccc(C(C)(C)C)cc1. The molecule has 0 aliphatic rings. The molecule has 0 N–H and O–H groups in total. The number of non-ortho nitro benzene ring substituents is 1. The predicted molar refractivity (Wildman–Crippen MR) is 87.7 cm³/mol. The molecule has 2 aromatic rings. The van der Waals surface area contributed by atoms with E-state index in [9.17, 15) is 10.1 Å². The third-order valence-corrected chi connectivity index (χ3v) is 3.58. The Morgan fingerprint density at radius 2 is 1.73 bits per heavy atom. The lowest BCUT2D eigenvalue weighted by Crippen LogP contribution is -2.10. The van der Waals surface area contributed by atoms with Gasteiger partial charge in [0.1, 0.15) is 11.5 Å². The van der Waals surface area contributed by atoms with Gasteiger partial charge in [-0.1, -0.05) is 39.8 Å². The number of aryl methyl sites for hydroxylation is 1. The summed E-state index contributed by atoms with van der Waals surface area (Å²) in [5.41, 5.74) is 2.25. The minimum absolute atomic E-state index is 0.0901.